The molecule has 1 aromatic rings. The second-order valence-corrected chi connectivity index (χ2v) is 2.66. The van der Waals surface area contributed by atoms with Crippen LogP contribution in [0.4, 0.5) is 23.2 Å². The Balaban J connectivity index is 3.20. The second-order valence-electron chi connectivity index (χ2n) is 2.66. The van der Waals surface area contributed by atoms with E-state index in [1.54, 1.807) is 0 Å². The third-order valence-corrected chi connectivity index (χ3v) is 1.58. The van der Waals surface area contributed by atoms with Crippen LogP contribution in [-0.2, 0) is 0 Å². The van der Waals surface area contributed by atoms with E-state index in [1.807, 2.05) is 0 Å². The Morgan fingerprint density at radius 2 is 1.88 bits per heavy atom. The number of para-hydroxylation sites is 1. The first kappa shape index (κ1) is 13.0. The van der Waals surface area contributed by atoms with E-state index in [1.165, 1.54) is 0 Å². The Morgan fingerprint density at radius 1 is 1.29 bits per heavy atom. The highest BCUT2D eigenvalue weighted by Crippen LogP contribution is 2.39. The number of rotatable bonds is 4. The largest absolute Gasteiger partial charge is 0.573 e. The molecule has 0 atom stereocenters. The lowest BCUT2D eigenvalue weighted by atomic mass is 10.2. The van der Waals surface area contributed by atoms with Crippen molar-refractivity contribution in [3.63, 3.8) is 0 Å². The van der Waals surface area contributed by atoms with E-state index in [4.69, 9.17) is 0 Å². The molecule has 94 valence electrons. The molecule has 1 rings (SSSR count). The van der Waals surface area contributed by atoms with Crippen molar-refractivity contribution in [2.75, 3.05) is 6.86 Å². The van der Waals surface area contributed by atoms with Crippen molar-refractivity contribution in [2.45, 2.75) is 6.36 Å². The standard InChI is InChI=1S/C8H5F4NO4/c9-4-16-5-2-1-3-6(7(5)13(14)15)17-8(10,11)12/h1-3H,4H2. The van der Waals surface area contributed by atoms with Crippen LogP contribution < -0.4 is 9.47 Å². The van der Waals surface area contributed by atoms with Crippen molar-refractivity contribution in [2.24, 2.45) is 0 Å². The number of halogens is 4. The number of nitrogens with zero attached hydrogens (tertiary/aromatic N) is 1. The predicted molar refractivity (Wildman–Crippen MR) is 46.4 cm³/mol. The second kappa shape index (κ2) is 4.85. The van der Waals surface area contributed by atoms with Gasteiger partial charge in [-0.2, -0.15) is 0 Å². The van der Waals surface area contributed by atoms with Gasteiger partial charge in [0, 0.05) is 0 Å². The number of nitro groups is 1. The minimum absolute atomic E-state index is 0.640. The molecule has 0 aliphatic rings. The van der Waals surface area contributed by atoms with Crippen molar-refractivity contribution in [1.29, 1.82) is 0 Å². The van der Waals surface area contributed by atoms with Gasteiger partial charge in [0.05, 0.1) is 4.92 Å². The van der Waals surface area contributed by atoms with Crippen LogP contribution in [0.3, 0.4) is 0 Å². The topological polar surface area (TPSA) is 61.6 Å². The summed E-state index contributed by atoms with van der Waals surface area (Å²) < 4.78 is 55.3. The normalized spacial score (nSPS) is 11.1. The molecule has 0 spiro atoms. The maximum absolute atomic E-state index is 11.9. The van der Waals surface area contributed by atoms with Crippen LogP contribution in [0, 0.1) is 10.1 Å². The number of hydrogen-bond acceptors (Lipinski definition) is 4. The fourth-order valence-electron chi connectivity index (χ4n) is 1.06. The van der Waals surface area contributed by atoms with Crippen LogP contribution >= 0.6 is 0 Å². The molecule has 0 aliphatic carbocycles. The van der Waals surface area contributed by atoms with Crippen LogP contribution in [-0.4, -0.2) is 18.1 Å². The quantitative estimate of drug-likeness (QED) is 0.471. The zero-order chi connectivity index (χ0) is 13.1. The first-order valence-corrected chi connectivity index (χ1v) is 4.07. The summed E-state index contributed by atoms with van der Waals surface area (Å²) >= 11 is 0. The Bertz CT molecular complexity index is 420. The SMILES string of the molecule is O=[N+]([O-])c1c(OCF)cccc1OC(F)(F)F. The average Bonchev–Trinajstić information content (AvgIpc) is 2.15. The molecule has 0 N–H and O–H groups in total. The highest BCUT2D eigenvalue weighted by Gasteiger charge is 2.35. The van der Waals surface area contributed by atoms with E-state index in [-0.39, 0.29) is 0 Å². The first-order valence-electron chi connectivity index (χ1n) is 4.07. The number of nitro benzene ring substituents is 1. The third kappa shape index (κ3) is 3.47. The van der Waals surface area contributed by atoms with Gasteiger partial charge in [-0.05, 0) is 12.1 Å². The fraction of sp³-hybridized carbons (Fsp3) is 0.250. The number of hydrogen-bond donors (Lipinski definition) is 0. The van der Waals surface area contributed by atoms with Gasteiger partial charge in [-0.3, -0.25) is 10.1 Å². The summed E-state index contributed by atoms with van der Waals surface area (Å²) in [6.07, 6.45) is -5.08. The average molecular weight is 255 g/mol. The molecule has 0 aromatic heterocycles. The summed E-state index contributed by atoms with van der Waals surface area (Å²) in [6, 6.07) is 2.71. The Kier molecular flexibility index (Phi) is 3.71. The highest BCUT2D eigenvalue weighted by atomic mass is 19.4. The molecule has 0 unspecified atom stereocenters. The molecule has 0 aliphatic heterocycles. The summed E-state index contributed by atoms with van der Waals surface area (Å²) in [5.41, 5.74) is -1.08. The molecule has 0 radical (unpaired) electrons. The molecule has 9 heteroatoms. The maximum atomic E-state index is 11.9. The van der Waals surface area contributed by atoms with E-state index in [0.29, 0.717) is 0 Å². The van der Waals surface area contributed by atoms with E-state index in [2.05, 4.69) is 9.47 Å². The summed E-state index contributed by atoms with van der Waals surface area (Å²) in [6.45, 7) is -1.41. The molecule has 0 heterocycles. The van der Waals surface area contributed by atoms with Gasteiger partial charge in [-0.25, -0.2) is 4.39 Å². The van der Waals surface area contributed by atoms with Gasteiger partial charge < -0.3 is 9.47 Å². The van der Waals surface area contributed by atoms with Crippen molar-refractivity contribution < 1.29 is 32.0 Å². The third-order valence-electron chi connectivity index (χ3n) is 1.58. The lowest BCUT2D eigenvalue weighted by Gasteiger charge is -2.10. The van der Waals surface area contributed by atoms with Crippen molar-refractivity contribution in [3.05, 3.63) is 28.3 Å². The number of benzene rings is 1. The van der Waals surface area contributed by atoms with E-state index < -0.39 is 35.3 Å². The van der Waals surface area contributed by atoms with Crippen molar-refractivity contribution in [1.82, 2.24) is 0 Å². The molecular weight excluding hydrogens is 250 g/mol. The van der Waals surface area contributed by atoms with Gasteiger partial charge in [-0.15, -0.1) is 13.2 Å². The van der Waals surface area contributed by atoms with Gasteiger partial charge in [-0.1, -0.05) is 6.07 Å². The zero-order valence-electron chi connectivity index (χ0n) is 8.03. The van der Waals surface area contributed by atoms with Gasteiger partial charge in [0.1, 0.15) is 0 Å². The van der Waals surface area contributed by atoms with Gasteiger partial charge >= 0.3 is 12.0 Å². The number of alkyl halides is 4. The lowest BCUT2D eigenvalue weighted by molar-refractivity contribution is -0.389. The Hall–Kier alpha value is -2.06. The minimum atomic E-state index is -5.08. The van der Waals surface area contributed by atoms with Crippen LogP contribution in [0.1, 0.15) is 0 Å². The molecular formula is C8H5F4NO4. The van der Waals surface area contributed by atoms with E-state index >= 15 is 0 Å². The zero-order valence-corrected chi connectivity index (χ0v) is 8.03. The Morgan fingerprint density at radius 3 is 2.35 bits per heavy atom. The minimum Gasteiger partial charge on any atom is -0.456 e. The van der Waals surface area contributed by atoms with Gasteiger partial charge in [0.2, 0.25) is 18.4 Å². The molecule has 0 bridgehead atoms. The van der Waals surface area contributed by atoms with Crippen molar-refractivity contribution in [3.8, 4) is 11.5 Å². The van der Waals surface area contributed by atoms with Crippen molar-refractivity contribution >= 4 is 5.69 Å². The fourth-order valence-corrected chi connectivity index (χ4v) is 1.06. The van der Waals surface area contributed by atoms with Crippen LogP contribution in [0.2, 0.25) is 0 Å². The molecule has 1 aromatic carbocycles. The Labute approximate surface area is 91.7 Å². The van der Waals surface area contributed by atoms with Crippen LogP contribution in [0.5, 0.6) is 11.5 Å². The molecule has 0 saturated heterocycles. The summed E-state index contributed by atoms with van der Waals surface area (Å²) in [5, 5.41) is 10.6. The summed E-state index contributed by atoms with van der Waals surface area (Å²) in [7, 11) is 0. The monoisotopic (exact) mass is 255 g/mol. The van der Waals surface area contributed by atoms with Crippen LogP contribution in [0.15, 0.2) is 18.2 Å². The summed E-state index contributed by atoms with van der Waals surface area (Å²) in [5.74, 6) is -1.70. The van der Waals surface area contributed by atoms with Crippen LogP contribution in [0.25, 0.3) is 0 Å². The van der Waals surface area contributed by atoms with Gasteiger partial charge in [0.15, 0.2) is 0 Å². The van der Waals surface area contributed by atoms with E-state index in [0.717, 1.165) is 18.2 Å². The predicted octanol–water partition coefficient (Wildman–Crippen LogP) is 2.80. The number of ether oxygens (including phenoxy) is 2. The molecule has 17 heavy (non-hydrogen) atoms. The maximum Gasteiger partial charge on any atom is 0.573 e. The molecule has 5 nitrogen and oxygen atoms in total. The smallest absolute Gasteiger partial charge is 0.456 e. The molecule has 0 fully saturated rings. The highest BCUT2D eigenvalue weighted by molar-refractivity contribution is 5.57. The summed E-state index contributed by atoms with van der Waals surface area (Å²) in [4.78, 5) is 9.41. The van der Waals surface area contributed by atoms with Gasteiger partial charge in [0.25, 0.3) is 0 Å². The first-order chi connectivity index (χ1) is 7.85. The molecule has 0 saturated carbocycles. The van der Waals surface area contributed by atoms with E-state index in [9.17, 15) is 27.7 Å². The molecule has 0 amide bonds. The lowest BCUT2D eigenvalue weighted by Crippen LogP contribution is -2.18.